The van der Waals surface area contributed by atoms with Crippen molar-refractivity contribution in [1.82, 2.24) is 19.9 Å². The number of aromatic amines is 1. The van der Waals surface area contributed by atoms with Crippen molar-refractivity contribution in [1.29, 1.82) is 5.26 Å². The Kier molecular flexibility index (Phi) is 7.10. The van der Waals surface area contributed by atoms with E-state index < -0.39 is 0 Å². The Labute approximate surface area is 155 Å². The van der Waals surface area contributed by atoms with E-state index in [0.717, 1.165) is 41.1 Å². The number of nitrogens with zero attached hydrogens (tertiary/aromatic N) is 5. The molecule has 0 radical (unpaired) electrons. The van der Waals surface area contributed by atoms with Crippen molar-refractivity contribution in [2.45, 2.75) is 20.3 Å². The van der Waals surface area contributed by atoms with Gasteiger partial charge in [0.1, 0.15) is 24.1 Å². The van der Waals surface area contributed by atoms with Crippen molar-refractivity contribution in [3.8, 4) is 6.07 Å². The van der Waals surface area contributed by atoms with E-state index >= 15 is 0 Å². The molecule has 0 aromatic carbocycles. The van der Waals surface area contributed by atoms with E-state index in [2.05, 4.69) is 44.9 Å². The molecule has 7 nitrogen and oxygen atoms in total. The van der Waals surface area contributed by atoms with Gasteiger partial charge in [-0.25, -0.2) is 9.97 Å². The molecular formula is C19H28N6O. The molecule has 0 bridgehead atoms. The van der Waals surface area contributed by atoms with Gasteiger partial charge in [0.15, 0.2) is 0 Å². The fourth-order valence-corrected chi connectivity index (χ4v) is 3.73. The summed E-state index contributed by atoms with van der Waals surface area (Å²) in [4.78, 5) is 25.8. The number of H-pyrrole nitrogens is 1. The van der Waals surface area contributed by atoms with Gasteiger partial charge >= 0.3 is 0 Å². The van der Waals surface area contributed by atoms with Crippen LogP contribution in [0.2, 0.25) is 0 Å². The molecule has 1 N–H and O–H groups in total. The second-order valence-electron chi connectivity index (χ2n) is 6.56. The van der Waals surface area contributed by atoms with E-state index in [1.807, 2.05) is 20.0 Å². The number of aldehydes is 1. The van der Waals surface area contributed by atoms with Gasteiger partial charge in [0.25, 0.3) is 0 Å². The summed E-state index contributed by atoms with van der Waals surface area (Å²) in [6.07, 6.45) is 4.16. The quantitative estimate of drug-likeness (QED) is 0.846. The first-order valence-corrected chi connectivity index (χ1v) is 9.14. The second kappa shape index (κ2) is 9.30. The Morgan fingerprint density at radius 3 is 2.65 bits per heavy atom. The van der Waals surface area contributed by atoms with Crippen molar-refractivity contribution in [2.75, 3.05) is 38.6 Å². The highest BCUT2D eigenvalue weighted by atomic mass is 16.1. The van der Waals surface area contributed by atoms with E-state index in [4.69, 9.17) is 5.26 Å². The van der Waals surface area contributed by atoms with Crippen molar-refractivity contribution >= 4 is 23.1 Å². The minimum atomic E-state index is 0.0139. The van der Waals surface area contributed by atoms with Crippen LogP contribution >= 0.6 is 0 Å². The molecule has 4 rings (SSSR count). The maximum absolute atomic E-state index is 9.18. The SMILES string of the molecule is CC.CN1CC2C(C1)C2CN(C)c1ncnc2[nH]ccc12.N#CCC=O. The number of carbonyl (C=O) groups excluding carboxylic acids is 1. The number of carbonyl (C=O) groups is 1. The zero-order valence-corrected chi connectivity index (χ0v) is 16.0. The van der Waals surface area contributed by atoms with Crippen LogP contribution in [0.4, 0.5) is 5.82 Å². The van der Waals surface area contributed by atoms with Crippen LogP contribution in [-0.4, -0.2) is 59.9 Å². The number of rotatable bonds is 4. The predicted molar refractivity (Wildman–Crippen MR) is 103 cm³/mol. The number of piperidine rings is 1. The summed E-state index contributed by atoms with van der Waals surface area (Å²) in [5, 5.41) is 8.70. The fraction of sp³-hybridized carbons (Fsp3) is 0.579. The van der Waals surface area contributed by atoms with Crippen molar-refractivity contribution in [3.05, 3.63) is 18.6 Å². The monoisotopic (exact) mass is 356 g/mol. The van der Waals surface area contributed by atoms with E-state index in [-0.39, 0.29) is 6.42 Å². The van der Waals surface area contributed by atoms with Crippen LogP contribution < -0.4 is 4.90 Å². The highest BCUT2D eigenvalue weighted by Gasteiger charge is 2.54. The molecular weight excluding hydrogens is 328 g/mol. The number of anilines is 1. The molecule has 2 atom stereocenters. The lowest BCUT2D eigenvalue weighted by atomic mass is 10.2. The lowest BCUT2D eigenvalue weighted by molar-refractivity contribution is -0.107. The number of nitrogens with one attached hydrogen (secondary N) is 1. The molecule has 2 fully saturated rings. The summed E-state index contributed by atoms with van der Waals surface area (Å²) in [5.74, 6) is 3.72. The van der Waals surface area contributed by atoms with Crippen molar-refractivity contribution < 1.29 is 4.79 Å². The summed E-state index contributed by atoms with van der Waals surface area (Å²) in [5.41, 5.74) is 0.924. The standard InChI is InChI=1S/C14H19N5.C3H3NO.C2H6/c1-18-5-10-11(6-18)12(10)7-19(2)14-9-3-4-15-13(9)16-8-17-14;4-2-1-3-5;1-2/h3-4,8,10-12H,5-7H2,1-2H3,(H,15,16,17);3H,1H2;1-2H3. The maximum atomic E-state index is 9.18. The summed E-state index contributed by atoms with van der Waals surface area (Å²) in [7, 11) is 4.37. The molecule has 7 heteroatoms. The van der Waals surface area contributed by atoms with Gasteiger partial charge in [-0.15, -0.1) is 0 Å². The zero-order valence-electron chi connectivity index (χ0n) is 16.0. The normalized spacial score (nSPS) is 23.0. The molecule has 1 aliphatic carbocycles. The number of aromatic nitrogens is 3. The van der Waals surface area contributed by atoms with Crippen molar-refractivity contribution in [3.63, 3.8) is 0 Å². The zero-order chi connectivity index (χ0) is 19.1. The first-order valence-electron chi connectivity index (χ1n) is 9.14. The molecule has 1 aliphatic heterocycles. The predicted octanol–water partition coefficient (Wildman–Crippen LogP) is 2.33. The van der Waals surface area contributed by atoms with Crippen LogP contribution in [-0.2, 0) is 4.79 Å². The molecule has 0 amide bonds. The van der Waals surface area contributed by atoms with Crippen LogP contribution in [0.15, 0.2) is 18.6 Å². The Hall–Kier alpha value is -2.46. The van der Waals surface area contributed by atoms with Crippen LogP contribution in [0.25, 0.3) is 11.0 Å². The van der Waals surface area contributed by atoms with Gasteiger partial charge in [-0.2, -0.15) is 5.26 Å². The molecule has 2 unspecified atom stereocenters. The number of likely N-dealkylation sites (tertiary alicyclic amines) is 1. The van der Waals surface area contributed by atoms with E-state index in [1.165, 1.54) is 13.1 Å². The molecule has 3 heterocycles. The lowest BCUT2D eigenvalue weighted by Crippen LogP contribution is -2.27. The molecule has 2 aromatic rings. The third-order valence-electron chi connectivity index (χ3n) is 4.91. The number of hydrogen-bond acceptors (Lipinski definition) is 6. The van der Waals surface area contributed by atoms with Crippen LogP contribution in [0.5, 0.6) is 0 Å². The number of fused-ring (bicyclic) bond motifs is 2. The van der Waals surface area contributed by atoms with E-state index in [0.29, 0.717) is 6.29 Å². The van der Waals surface area contributed by atoms with E-state index in [1.54, 1.807) is 12.4 Å². The number of nitriles is 1. The molecule has 0 spiro atoms. The Bertz CT molecular complexity index is 740. The third kappa shape index (κ3) is 4.38. The van der Waals surface area contributed by atoms with Gasteiger partial charge in [-0.05, 0) is 30.9 Å². The maximum Gasteiger partial charge on any atom is 0.142 e. The van der Waals surface area contributed by atoms with Gasteiger partial charge in [0.05, 0.1) is 17.9 Å². The first kappa shape index (κ1) is 19.9. The Morgan fingerprint density at radius 2 is 2.08 bits per heavy atom. The lowest BCUT2D eigenvalue weighted by Gasteiger charge is -2.21. The Balaban J connectivity index is 0.000000304. The summed E-state index contributed by atoms with van der Waals surface area (Å²) in [6.45, 7) is 7.65. The average Bonchev–Trinajstić information content (AvgIpc) is 3.03. The van der Waals surface area contributed by atoms with Gasteiger partial charge in [0, 0.05) is 32.9 Å². The molecule has 1 saturated carbocycles. The van der Waals surface area contributed by atoms with Crippen LogP contribution in [0, 0.1) is 29.1 Å². The summed E-state index contributed by atoms with van der Waals surface area (Å²) >= 11 is 0. The minimum absolute atomic E-state index is 0.0139. The molecule has 1 saturated heterocycles. The molecule has 2 aromatic heterocycles. The second-order valence-corrected chi connectivity index (χ2v) is 6.56. The Morgan fingerprint density at radius 1 is 1.38 bits per heavy atom. The van der Waals surface area contributed by atoms with Gasteiger partial charge in [-0.1, -0.05) is 13.8 Å². The summed E-state index contributed by atoms with van der Waals surface area (Å²) in [6, 6.07) is 3.71. The van der Waals surface area contributed by atoms with Crippen LogP contribution in [0.1, 0.15) is 20.3 Å². The third-order valence-corrected chi connectivity index (χ3v) is 4.91. The van der Waals surface area contributed by atoms with Gasteiger partial charge < -0.3 is 19.6 Å². The highest BCUT2D eigenvalue weighted by Crippen LogP contribution is 2.51. The number of hydrogen-bond donors (Lipinski definition) is 1. The fourth-order valence-electron chi connectivity index (χ4n) is 3.73. The highest BCUT2D eigenvalue weighted by molar-refractivity contribution is 5.87. The van der Waals surface area contributed by atoms with Gasteiger partial charge in [0.2, 0.25) is 0 Å². The molecule has 140 valence electrons. The van der Waals surface area contributed by atoms with Crippen LogP contribution in [0.3, 0.4) is 0 Å². The van der Waals surface area contributed by atoms with Crippen molar-refractivity contribution in [2.24, 2.45) is 17.8 Å². The van der Waals surface area contributed by atoms with E-state index in [9.17, 15) is 4.79 Å². The summed E-state index contributed by atoms with van der Waals surface area (Å²) < 4.78 is 0. The minimum Gasteiger partial charge on any atom is -0.359 e. The first-order chi connectivity index (χ1) is 12.7. The molecule has 26 heavy (non-hydrogen) atoms. The smallest absolute Gasteiger partial charge is 0.142 e. The largest absolute Gasteiger partial charge is 0.359 e. The molecule has 2 aliphatic rings. The van der Waals surface area contributed by atoms with Gasteiger partial charge in [-0.3, -0.25) is 0 Å². The topological polar surface area (TPSA) is 88.9 Å². The average molecular weight is 356 g/mol.